The van der Waals surface area contributed by atoms with Gasteiger partial charge in [-0.05, 0) is 25.1 Å². The molecular formula is C13H15ClN2O2. The molecule has 1 aromatic heterocycles. The average Bonchev–Trinajstić information content (AvgIpc) is 2.86. The van der Waals surface area contributed by atoms with Gasteiger partial charge in [0.1, 0.15) is 11.9 Å². The molecule has 0 bridgehead atoms. The zero-order chi connectivity index (χ0) is 13.1. The number of aliphatic hydroxyl groups excluding tert-OH is 1. The van der Waals surface area contributed by atoms with Crippen molar-refractivity contribution in [3.8, 4) is 5.75 Å². The molecule has 96 valence electrons. The second-order valence-electron chi connectivity index (χ2n) is 3.89. The van der Waals surface area contributed by atoms with E-state index in [2.05, 4.69) is 4.98 Å². The molecular weight excluding hydrogens is 252 g/mol. The van der Waals surface area contributed by atoms with Gasteiger partial charge in [0.25, 0.3) is 0 Å². The van der Waals surface area contributed by atoms with Crippen LogP contribution in [-0.4, -0.2) is 21.8 Å². The maximum Gasteiger partial charge on any atom is 0.125 e. The van der Waals surface area contributed by atoms with Crippen LogP contribution in [0.2, 0.25) is 5.02 Å². The van der Waals surface area contributed by atoms with Crippen molar-refractivity contribution in [3.63, 3.8) is 0 Å². The Kier molecular flexibility index (Phi) is 3.89. The molecule has 1 N–H and O–H groups in total. The summed E-state index contributed by atoms with van der Waals surface area (Å²) in [6, 6.07) is 5.18. The minimum Gasteiger partial charge on any atom is -0.496 e. The highest BCUT2D eigenvalue weighted by molar-refractivity contribution is 6.30. The summed E-state index contributed by atoms with van der Waals surface area (Å²) in [5.74, 6) is 0.607. The SMILES string of the molecule is CCn1cncc1C(O)c1cc(Cl)ccc1OC. The van der Waals surface area contributed by atoms with Crippen LogP contribution in [0.5, 0.6) is 5.75 Å². The summed E-state index contributed by atoms with van der Waals surface area (Å²) < 4.78 is 7.12. The van der Waals surface area contributed by atoms with Gasteiger partial charge in [0.15, 0.2) is 0 Å². The number of imidazole rings is 1. The molecule has 18 heavy (non-hydrogen) atoms. The zero-order valence-corrected chi connectivity index (χ0v) is 11.1. The van der Waals surface area contributed by atoms with Crippen molar-refractivity contribution >= 4 is 11.6 Å². The highest BCUT2D eigenvalue weighted by atomic mass is 35.5. The lowest BCUT2D eigenvalue weighted by molar-refractivity contribution is 0.205. The number of aliphatic hydroxyl groups is 1. The van der Waals surface area contributed by atoms with E-state index in [4.69, 9.17) is 16.3 Å². The first-order valence-electron chi connectivity index (χ1n) is 5.69. The molecule has 0 amide bonds. The van der Waals surface area contributed by atoms with Gasteiger partial charge in [0.2, 0.25) is 0 Å². The van der Waals surface area contributed by atoms with Gasteiger partial charge in [-0.1, -0.05) is 11.6 Å². The Labute approximate surface area is 111 Å². The van der Waals surface area contributed by atoms with E-state index in [1.807, 2.05) is 11.5 Å². The van der Waals surface area contributed by atoms with Gasteiger partial charge >= 0.3 is 0 Å². The highest BCUT2D eigenvalue weighted by Crippen LogP contribution is 2.32. The van der Waals surface area contributed by atoms with Gasteiger partial charge in [-0.3, -0.25) is 0 Å². The summed E-state index contributed by atoms with van der Waals surface area (Å²) in [7, 11) is 1.57. The van der Waals surface area contributed by atoms with E-state index in [0.29, 0.717) is 16.3 Å². The molecule has 1 atom stereocenters. The summed E-state index contributed by atoms with van der Waals surface area (Å²) in [6.07, 6.45) is 2.53. The standard InChI is InChI=1S/C13H15ClN2O2/c1-3-16-8-15-7-11(16)13(17)10-6-9(14)4-5-12(10)18-2/h4-8,13,17H,3H2,1-2H3. The van der Waals surface area contributed by atoms with Crippen LogP contribution in [0.4, 0.5) is 0 Å². The first-order chi connectivity index (χ1) is 8.67. The lowest BCUT2D eigenvalue weighted by Crippen LogP contribution is -2.08. The molecule has 5 heteroatoms. The summed E-state index contributed by atoms with van der Waals surface area (Å²) in [5, 5.41) is 11.0. The second-order valence-corrected chi connectivity index (χ2v) is 4.33. The number of hydrogen-bond acceptors (Lipinski definition) is 3. The van der Waals surface area contributed by atoms with Crippen molar-refractivity contribution in [2.24, 2.45) is 0 Å². The number of aromatic nitrogens is 2. The maximum absolute atomic E-state index is 10.4. The Bertz CT molecular complexity index is 540. The average molecular weight is 267 g/mol. The largest absolute Gasteiger partial charge is 0.496 e. The second kappa shape index (κ2) is 5.42. The fourth-order valence-electron chi connectivity index (χ4n) is 1.90. The van der Waals surface area contributed by atoms with Crippen LogP contribution in [-0.2, 0) is 6.54 Å². The molecule has 0 aliphatic heterocycles. The molecule has 2 aromatic rings. The molecule has 1 unspecified atom stereocenters. The van der Waals surface area contributed by atoms with Gasteiger partial charge in [-0.25, -0.2) is 4.98 Å². The number of methoxy groups -OCH3 is 1. The summed E-state index contributed by atoms with van der Waals surface area (Å²) in [4.78, 5) is 4.05. The predicted octanol–water partition coefficient (Wildman–Crippen LogP) is 2.65. The number of nitrogens with zero attached hydrogens (tertiary/aromatic N) is 2. The van der Waals surface area contributed by atoms with Crippen LogP contribution >= 0.6 is 11.6 Å². The van der Waals surface area contributed by atoms with Crippen molar-refractivity contribution in [3.05, 3.63) is 47.0 Å². The molecule has 0 aliphatic carbocycles. The van der Waals surface area contributed by atoms with E-state index in [-0.39, 0.29) is 0 Å². The Morgan fingerprint density at radius 1 is 1.50 bits per heavy atom. The van der Waals surface area contributed by atoms with Gasteiger partial charge in [-0.2, -0.15) is 0 Å². The van der Waals surface area contributed by atoms with Crippen molar-refractivity contribution in [1.29, 1.82) is 0 Å². The van der Waals surface area contributed by atoms with Crippen LogP contribution in [0.15, 0.2) is 30.7 Å². The van der Waals surface area contributed by atoms with E-state index in [9.17, 15) is 5.11 Å². The summed E-state index contributed by atoms with van der Waals surface area (Å²) >= 11 is 5.96. The first-order valence-corrected chi connectivity index (χ1v) is 6.06. The molecule has 0 spiro atoms. The third-order valence-corrected chi connectivity index (χ3v) is 3.09. The van der Waals surface area contributed by atoms with Gasteiger partial charge in [0.05, 0.1) is 25.3 Å². The molecule has 2 rings (SSSR count). The van der Waals surface area contributed by atoms with Crippen molar-refractivity contribution in [2.45, 2.75) is 19.6 Å². The topological polar surface area (TPSA) is 47.3 Å². The number of ether oxygens (including phenoxy) is 1. The van der Waals surface area contributed by atoms with Crippen LogP contribution < -0.4 is 4.74 Å². The van der Waals surface area contributed by atoms with Gasteiger partial charge < -0.3 is 14.4 Å². The molecule has 0 radical (unpaired) electrons. The quantitative estimate of drug-likeness (QED) is 0.925. The minimum absolute atomic E-state index is 0.562. The number of aryl methyl sites for hydroxylation is 1. The highest BCUT2D eigenvalue weighted by Gasteiger charge is 2.19. The molecule has 4 nitrogen and oxygen atoms in total. The number of hydrogen-bond donors (Lipinski definition) is 1. The van der Waals surface area contributed by atoms with Crippen LogP contribution in [0.1, 0.15) is 24.3 Å². The van der Waals surface area contributed by atoms with E-state index in [1.165, 1.54) is 0 Å². The number of benzene rings is 1. The molecule has 1 heterocycles. The lowest BCUT2D eigenvalue weighted by Gasteiger charge is -2.16. The van der Waals surface area contributed by atoms with E-state index in [0.717, 1.165) is 12.2 Å². The van der Waals surface area contributed by atoms with Gasteiger partial charge in [-0.15, -0.1) is 0 Å². The van der Waals surface area contributed by atoms with E-state index < -0.39 is 6.10 Å². The first kappa shape index (κ1) is 12.9. The fourth-order valence-corrected chi connectivity index (χ4v) is 2.08. The van der Waals surface area contributed by atoms with Crippen molar-refractivity contribution in [1.82, 2.24) is 9.55 Å². The van der Waals surface area contributed by atoms with Crippen molar-refractivity contribution in [2.75, 3.05) is 7.11 Å². The van der Waals surface area contributed by atoms with Crippen LogP contribution in [0, 0.1) is 0 Å². The van der Waals surface area contributed by atoms with E-state index >= 15 is 0 Å². The van der Waals surface area contributed by atoms with Crippen LogP contribution in [0.3, 0.4) is 0 Å². The van der Waals surface area contributed by atoms with Crippen molar-refractivity contribution < 1.29 is 9.84 Å². The van der Waals surface area contributed by atoms with Gasteiger partial charge in [0, 0.05) is 17.1 Å². The molecule has 0 aliphatic rings. The van der Waals surface area contributed by atoms with Crippen LogP contribution in [0.25, 0.3) is 0 Å². The Morgan fingerprint density at radius 2 is 2.28 bits per heavy atom. The smallest absolute Gasteiger partial charge is 0.125 e. The predicted molar refractivity (Wildman–Crippen MR) is 70.0 cm³/mol. The normalized spacial score (nSPS) is 12.4. The number of rotatable bonds is 4. The number of halogens is 1. The Hall–Kier alpha value is -1.52. The lowest BCUT2D eigenvalue weighted by atomic mass is 10.1. The maximum atomic E-state index is 10.4. The molecule has 1 aromatic carbocycles. The Morgan fingerprint density at radius 3 is 2.94 bits per heavy atom. The molecule has 0 fully saturated rings. The minimum atomic E-state index is -0.805. The third-order valence-electron chi connectivity index (χ3n) is 2.85. The third kappa shape index (κ3) is 2.35. The molecule has 0 saturated heterocycles. The summed E-state index contributed by atoms with van der Waals surface area (Å²) in [5.41, 5.74) is 1.36. The fraction of sp³-hybridized carbons (Fsp3) is 0.308. The monoisotopic (exact) mass is 266 g/mol. The zero-order valence-electron chi connectivity index (χ0n) is 10.3. The Balaban J connectivity index is 2.45. The summed E-state index contributed by atoms with van der Waals surface area (Å²) in [6.45, 7) is 2.74. The molecule has 0 saturated carbocycles. The van der Waals surface area contributed by atoms with E-state index in [1.54, 1.807) is 37.8 Å².